The third-order valence-corrected chi connectivity index (χ3v) is 11.2. The molecule has 0 aliphatic heterocycles. The van der Waals surface area contributed by atoms with E-state index in [4.69, 9.17) is 0 Å². The van der Waals surface area contributed by atoms with E-state index in [1.54, 1.807) is 0 Å². The van der Waals surface area contributed by atoms with Crippen LogP contribution in [0.2, 0.25) is 0 Å². The Kier molecular flexibility index (Phi) is 6.09. The van der Waals surface area contributed by atoms with Crippen LogP contribution in [0.15, 0.2) is 0 Å². The molecule has 2 aliphatic carbocycles. The van der Waals surface area contributed by atoms with Crippen LogP contribution >= 0.6 is 7.28 Å². The van der Waals surface area contributed by atoms with Crippen LogP contribution in [-0.2, 0) is 0 Å². The Bertz CT molecular complexity index is 463. The summed E-state index contributed by atoms with van der Waals surface area (Å²) >= 11 is 0. The molecule has 25 heavy (non-hydrogen) atoms. The molecule has 0 radical (unpaired) electrons. The molecular formula is C21H43O3P. The van der Waals surface area contributed by atoms with Crippen molar-refractivity contribution in [1.29, 1.82) is 0 Å². The van der Waals surface area contributed by atoms with E-state index >= 15 is 0 Å². The van der Waals surface area contributed by atoms with Crippen molar-refractivity contribution in [2.45, 2.75) is 98.3 Å². The predicted octanol–water partition coefficient (Wildman–Crippen LogP) is 5.57. The topological polar surface area (TPSA) is 60.7 Å². The van der Waals surface area contributed by atoms with E-state index in [0.29, 0.717) is 17.8 Å². The number of hydrogen-bond donors (Lipinski definition) is 3. The average molecular weight is 375 g/mol. The molecule has 2 rings (SSSR count). The quantitative estimate of drug-likeness (QED) is 0.564. The first-order valence-corrected chi connectivity index (χ1v) is 12.7. The summed E-state index contributed by atoms with van der Waals surface area (Å²) in [6, 6.07) is 0. The summed E-state index contributed by atoms with van der Waals surface area (Å²) < 4.78 is 0. The molecule has 5 atom stereocenters. The van der Waals surface area contributed by atoms with Gasteiger partial charge in [-0.1, -0.05) is 0 Å². The normalized spacial score (nSPS) is 38.6. The maximum absolute atomic E-state index is 11.7. The minimum absolute atomic E-state index is 0.0704. The van der Waals surface area contributed by atoms with E-state index in [9.17, 15) is 14.7 Å². The molecule has 3 nitrogen and oxygen atoms in total. The van der Waals surface area contributed by atoms with Gasteiger partial charge >= 0.3 is 155 Å². The van der Waals surface area contributed by atoms with Crippen LogP contribution < -0.4 is 0 Å². The van der Waals surface area contributed by atoms with Gasteiger partial charge in [0.15, 0.2) is 0 Å². The zero-order valence-electron chi connectivity index (χ0n) is 17.6. The Morgan fingerprint density at radius 3 is 1.88 bits per heavy atom. The molecule has 4 heteroatoms. The monoisotopic (exact) mass is 374 g/mol. The summed E-state index contributed by atoms with van der Waals surface area (Å²) in [6.45, 7) is 15.3. The third kappa shape index (κ3) is 4.42. The van der Waals surface area contributed by atoms with Crippen LogP contribution in [0.5, 0.6) is 0 Å². The second-order valence-corrected chi connectivity index (χ2v) is 14.4. The summed E-state index contributed by atoms with van der Waals surface area (Å²) in [7, 11) is -4.78. The Morgan fingerprint density at radius 2 is 1.36 bits per heavy atom. The third-order valence-electron chi connectivity index (χ3n) is 7.53. The van der Waals surface area contributed by atoms with E-state index in [1.807, 2.05) is 0 Å². The second-order valence-electron chi connectivity index (χ2n) is 10.9. The zero-order valence-corrected chi connectivity index (χ0v) is 18.5. The fourth-order valence-corrected chi connectivity index (χ4v) is 10.4. The maximum atomic E-state index is 11.7. The van der Waals surface area contributed by atoms with Crippen molar-refractivity contribution in [3.05, 3.63) is 0 Å². The summed E-state index contributed by atoms with van der Waals surface area (Å²) in [5.41, 5.74) is -0.623. The molecule has 0 saturated heterocycles. The molecule has 2 saturated carbocycles. The fraction of sp³-hybridized carbons (Fsp3) is 1.00. The number of rotatable bonds is 4. The molecule has 0 bridgehead atoms. The molecule has 2 aliphatic rings. The van der Waals surface area contributed by atoms with Crippen LogP contribution in [0.3, 0.4) is 0 Å². The van der Waals surface area contributed by atoms with E-state index < -0.39 is 7.28 Å². The van der Waals surface area contributed by atoms with Crippen LogP contribution in [0, 0.1) is 35.0 Å². The van der Waals surface area contributed by atoms with Crippen molar-refractivity contribution >= 4 is 7.28 Å². The Labute approximate surface area is 155 Å². The molecule has 0 aromatic rings. The molecule has 0 aromatic heterocycles. The van der Waals surface area contributed by atoms with Gasteiger partial charge in [0, 0.05) is 0 Å². The van der Waals surface area contributed by atoms with Crippen molar-refractivity contribution in [3.63, 3.8) is 0 Å². The molecule has 0 heterocycles. The van der Waals surface area contributed by atoms with Gasteiger partial charge in [0.05, 0.1) is 0 Å². The zero-order chi connectivity index (χ0) is 19.2. The van der Waals surface area contributed by atoms with Crippen LogP contribution in [-0.4, -0.2) is 26.0 Å². The molecule has 5 unspecified atom stereocenters. The molecule has 2 fully saturated rings. The van der Waals surface area contributed by atoms with Gasteiger partial charge < -0.3 is 0 Å². The first-order chi connectivity index (χ1) is 11.2. The van der Waals surface area contributed by atoms with Gasteiger partial charge in [0.2, 0.25) is 0 Å². The van der Waals surface area contributed by atoms with Gasteiger partial charge in [-0.25, -0.2) is 0 Å². The van der Waals surface area contributed by atoms with Crippen LogP contribution in [0.1, 0.15) is 87.0 Å². The van der Waals surface area contributed by atoms with Gasteiger partial charge in [-0.05, 0) is 0 Å². The fourth-order valence-electron chi connectivity index (χ4n) is 5.86. The van der Waals surface area contributed by atoms with Crippen molar-refractivity contribution < 1.29 is 14.7 Å². The molecule has 150 valence electrons. The van der Waals surface area contributed by atoms with Gasteiger partial charge in [0.25, 0.3) is 0 Å². The summed E-state index contributed by atoms with van der Waals surface area (Å²) in [6.07, 6.45) is 5.72. The van der Waals surface area contributed by atoms with Crippen LogP contribution in [0.4, 0.5) is 0 Å². The van der Waals surface area contributed by atoms with Gasteiger partial charge in [-0.15, -0.1) is 0 Å². The molecule has 0 amide bonds. The second kappa shape index (κ2) is 7.04. The van der Waals surface area contributed by atoms with Crippen molar-refractivity contribution in [2.24, 2.45) is 35.0 Å². The Hall–Kier alpha value is 0.310. The molecule has 3 N–H and O–H groups in total. The Morgan fingerprint density at radius 1 is 0.840 bits per heavy atom. The SMILES string of the molecule is CC1CCC(C(C)C)C(P(O)(O)(O)C2CC(C)(C)CCC2C(C)C)C1. The van der Waals surface area contributed by atoms with E-state index in [1.165, 1.54) is 0 Å². The van der Waals surface area contributed by atoms with Gasteiger partial charge in [0.1, 0.15) is 0 Å². The van der Waals surface area contributed by atoms with Crippen molar-refractivity contribution in [1.82, 2.24) is 0 Å². The Balaban J connectivity index is 2.44. The number of hydrogen-bond acceptors (Lipinski definition) is 3. The average Bonchev–Trinajstić information content (AvgIpc) is 2.45. The summed E-state index contributed by atoms with van der Waals surface area (Å²) in [5, 5.41) is 0. The molecular weight excluding hydrogens is 331 g/mol. The predicted molar refractivity (Wildman–Crippen MR) is 108 cm³/mol. The van der Waals surface area contributed by atoms with Crippen LogP contribution in [0.25, 0.3) is 0 Å². The standard InChI is InChI=1S/C21H43O3P/c1-14(2)17-9-8-16(5)12-19(17)25(22,23,24)20-13-21(6,7)11-10-18(20)15(3)4/h14-20,22-24H,8-13H2,1-7H3. The summed E-state index contributed by atoms with van der Waals surface area (Å²) in [5.74, 6) is 1.62. The first kappa shape index (κ1) is 21.6. The van der Waals surface area contributed by atoms with Gasteiger partial charge in [-0.3, -0.25) is 0 Å². The minimum atomic E-state index is -4.78. The van der Waals surface area contributed by atoms with E-state index in [-0.39, 0.29) is 28.6 Å². The first-order valence-electron chi connectivity index (χ1n) is 10.5. The summed E-state index contributed by atoms with van der Waals surface area (Å²) in [4.78, 5) is 35.0. The molecule has 0 aromatic carbocycles. The molecule has 0 spiro atoms. The van der Waals surface area contributed by atoms with Gasteiger partial charge in [-0.2, -0.15) is 0 Å². The van der Waals surface area contributed by atoms with E-state index in [2.05, 4.69) is 48.5 Å². The van der Waals surface area contributed by atoms with E-state index in [0.717, 1.165) is 38.5 Å². The van der Waals surface area contributed by atoms with Crippen molar-refractivity contribution in [2.75, 3.05) is 0 Å². The van der Waals surface area contributed by atoms with Crippen molar-refractivity contribution in [3.8, 4) is 0 Å².